The Morgan fingerprint density at radius 1 is 1.40 bits per heavy atom. The molecule has 1 heterocycles. The van der Waals surface area contributed by atoms with Crippen molar-refractivity contribution in [2.75, 3.05) is 11.5 Å². The van der Waals surface area contributed by atoms with Gasteiger partial charge in [-0.2, -0.15) is 11.8 Å². The van der Waals surface area contributed by atoms with Crippen molar-refractivity contribution in [1.29, 1.82) is 0 Å². The van der Waals surface area contributed by atoms with E-state index in [1.807, 2.05) is 17.8 Å². The van der Waals surface area contributed by atoms with Crippen LogP contribution in [0.3, 0.4) is 0 Å². The molecule has 15 heavy (non-hydrogen) atoms. The van der Waals surface area contributed by atoms with Crippen molar-refractivity contribution < 1.29 is 0 Å². The van der Waals surface area contributed by atoms with Crippen molar-refractivity contribution in [1.82, 2.24) is 9.55 Å². The summed E-state index contributed by atoms with van der Waals surface area (Å²) < 4.78 is 3.00. The van der Waals surface area contributed by atoms with Crippen LogP contribution in [0.25, 0.3) is 11.0 Å². The summed E-state index contributed by atoms with van der Waals surface area (Å²) in [6.45, 7) is 3.17. The topological polar surface area (TPSA) is 20.7 Å². The van der Waals surface area contributed by atoms with Gasteiger partial charge in [0.1, 0.15) is 0 Å². The number of aromatic amines is 1. The zero-order chi connectivity index (χ0) is 10.7. The number of hydrogen-bond donors (Lipinski definition) is 1. The highest BCUT2D eigenvalue weighted by Gasteiger charge is 2.02. The molecule has 0 spiro atoms. The summed E-state index contributed by atoms with van der Waals surface area (Å²) in [5, 5.41) is 0. The lowest BCUT2D eigenvalue weighted by Crippen LogP contribution is -2.00. The van der Waals surface area contributed by atoms with Crippen LogP contribution in [-0.4, -0.2) is 21.1 Å². The Hall–Kier alpha value is -0.740. The van der Waals surface area contributed by atoms with Crippen LogP contribution in [0.4, 0.5) is 0 Å². The second-order valence-corrected chi connectivity index (χ2v) is 5.08. The Balaban J connectivity index is 2.33. The number of aryl methyl sites for hydroxylation is 1. The Kier molecular flexibility index (Phi) is 3.49. The standard InChI is InChI=1S/C11H14N2S2/c1-2-15-8-7-13-10-6-4-3-5-9(10)12-11(13)14/h3-6H,2,7-8H2,1H3,(H,12,14). The molecular weight excluding hydrogens is 224 g/mol. The van der Waals surface area contributed by atoms with Gasteiger partial charge in [-0.15, -0.1) is 0 Å². The van der Waals surface area contributed by atoms with Gasteiger partial charge < -0.3 is 9.55 Å². The molecule has 0 amide bonds. The maximum absolute atomic E-state index is 5.30. The molecule has 4 heteroatoms. The monoisotopic (exact) mass is 238 g/mol. The highest BCUT2D eigenvalue weighted by atomic mass is 32.2. The van der Waals surface area contributed by atoms with Gasteiger partial charge in [0.25, 0.3) is 0 Å². The van der Waals surface area contributed by atoms with Crippen LogP contribution < -0.4 is 0 Å². The van der Waals surface area contributed by atoms with Crippen molar-refractivity contribution in [3.05, 3.63) is 29.0 Å². The van der Waals surface area contributed by atoms with Crippen molar-refractivity contribution >= 4 is 35.0 Å². The first kappa shape index (κ1) is 10.8. The number of benzene rings is 1. The number of thioether (sulfide) groups is 1. The number of H-pyrrole nitrogens is 1. The van der Waals surface area contributed by atoms with E-state index in [2.05, 4.69) is 34.7 Å². The zero-order valence-electron chi connectivity index (χ0n) is 8.69. The number of rotatable bonds is 4. The molecule has 0 saturated carbocycles. The second-order valence-electron chi connectivity index (χ2n) is 3.30. The minimum atomic E-state index is 0.827. The summed E-state index contributed by atoms with van der Waals surface area (Å²) in [6.07, 6.45) is 0. The summed E-state index contributed by atoms with van der Waals surface area (Å²) in [6, 6.07) is 8.25. The van der Waals surface area contributed by atoms with Crippen LogP contribution in [-0.2, 0) is 6.54 Å². The molecule has 0 bridgehead atoms. The molecule has 0 radical (unpaired) electrons. The van der Waals surface area contributed by atoms with E-state index in [-0.39, 0.29) is 0 Å². The predicted octanol–water partition coefficient (Wildman–Crippen LogP) is 3.45. The smallest absolute Gasteiger partial charge is 0.178 e. The average Bonchev–Trinajstić information content (AvgIpc) is 2.56. The molecule has 0 fully saturated rings. The Morgan fingerprint density at radius 2 is 2.20 bits per heavy atom. The average molecular weight is 238 g/mol. The summed E-state index contributed by atoms with van der Waals surface area (Å²) in [5.74, 6) is 2.28. The molecule has 2 nitrogen and oxygen atoms in total. The number of para-hydroxylation sites is 2. The van der Waals surface area contributed by atoms with Gasteiger partial charge >= 0.3 is 0 Å². The van der Waals surface area contributed by atoms with E-state index in [1.54, 1.807) is 0 Å². The molecule has 2 aromatic rings. The minimum absolute atomic E-state index is 0.827. The van der Waals surface area contributed by atoms with Crippen molar-refractivity contribution in [3.8, 4) is 0 Å². The van der Waals surface area contributed by atoms with E-state index < -0.39 is 0 Å². The second kappa shape index (κ2) is 4.86. The van der Waals surface area contributed by atoms with Crippen LogP contribution in [0, 0.1) is 4.77 Å². The highest BCUT2D eigenvalue weighted by Crippen LogP contribution is 2.14. The fraction of sp³-hybridized carbons (Fsp3) is 0.364. The van der Waals surface area contributed by atoms with Gasteiger partial charge in [0.15, 0.2) is 4.77 Å². The van der Waals surface area contributed by atoms with Gasteiger partial charge in [-0.1, -0.05) is 19.1 Å². The van der Waals surface area contributed by atoms with Crippen LogP contribution >= 0.6 is 24.0 Å². The summed E-state index contributed by atoms with van der Waals surface area (Å²) in [4.78, 5) is 3.22. The van der Waals surface area contributed by atoms with Gasteiger partial charge in [-0.05, 0) is 30.1 Å². The van der Waals surface area contributed by atoms with Gasteiger partial charge in [0.2, 0.25) is 0 Å². The van der Waals surface area contributed by atoms with Gasteiger partial charge in [0, 0.05) is 12.3 Å². The summed E-state index contributed by atoms with van der Waals surface area (Å²) in [7, 11) is 0. The SMILES string of the molecule is CCSCCn1c(=S)[nH]c2ccccc21. The lowest BCUT2D eigenvalue weighted by Gasteiger charge is -2.02. The van der Waals surface area contributed by atoms with Crippen molar-refractivity contribution in [2.45, 2.75) is 13.5 Å². The predicted molar refractivity (Wildman–Crippen MR) is 70.1 cm³/mol. The largest absolute Gasteiger partial charge is 0.331 e. The van der Waals surface area contributed by atoms with Gasteiger partial charge in [-0.3, -0.25) is 0 Å². The maximum Gasteiger partial charge on any atom is 0.178 e. The van der Waals surface area contributed by atoms with Crippen LogP contribution in [0.1, 0.15) is 6.92 Å². The molecule has 1 aromatic carbocycles. The summed E-state index contributed by atoms with van der Waals surface area (Å²) in [5.41, 5.74) is 2.34. The fourth-order valence-corrected chi connectivity index (χ4v) is 2.53. The molecule has 1 aromatic heterocycles. The number of nitrogens with one attached hydrogen (secondary N) is 1. The molecule has 80 valence electrons. The molecule has 0 aliphatic carbocycles. The molecule has 0 aliphatic heterocycles. The zero-order valence-corrected chi connectivity index (χ0v) is 10.3. The van der Waals surface area contributed by atoms with E-state index in [0.717, 1.165) is 28.3 Å². The lowest BCUT2D eigenvalue weighted by atomic mass is 10.3. The van der Waals surface area contributed by atoms with E-state index >= 15 is 0 Å². The minimum Gasteiger partial charge on any atom is -0.331 e. The molecule has 0 atom stereocenters. The van der Waals surface area contributed by atoms with Crippen LogP contribution in [0.5, 0.6) is 0 Å². The lowest BCUT2D eigenvalue weighted by molar-refractivity contribution is 0.783. The van der Waals surface area contributed by atoms with E-state index in [4.69, 9.17) is 12.2 Å². The molecule has 1 N–H and O–H groups in total. The van der Waals surface area contributed by atoms with Gasteiger partial charge in [0.05, 0.1) is 11.0 Å². The number of imidazole rings is 1. The van der Waals surface area contributed by atoms with E-state index in [9.17, 15) is 0 Å². The molecular formula is C11H14N2S2. The van der Waals surface area contributed by atoms with Gasteiger partial charge in [-0.25, -0.2) is 0 Å². The van der Waals surface area contributed by atoms with Crippen LogP contribution in [0.15, 0.2) is 24.3 Å². The fourth-order valence-electron chi connectivity index (χ4n) is 1.63. The first-order chi connectivity index (χ1) is 7.33. The van der Waals surface area contributed by atoms with E-state index in [1.165, 1.54) is 5.52 Å². The molecule has 0 aliphatic rings. The van der Waals surface area contributed by atoms with E-state index in [0.29, 0.717) is 0 Å². The molecule has 2 rings (SSSR count). The highest BCUT2D eigenvalue weighted by molar-refractivity contribution is 7.99. The third kappa shape index (κ3) is 2.26. The number of fused-ring (bicyclic) bond motifs is 1. The normalized spacial score (nSPS) is 11.0. The third-order valence-corrected chi connectivity index (χ3v) is 3.55. The number of nitrogens with zero attached hydrogens (tertiary/aromatic N) is 1. The Labute approximate surface area is 98.7 Å². The first-order valence-corrected chi connectivity index (χ1v) is 6.64. The van der Waals surface area contributed by atoms with Crippen LogP contribution in [0.2, 0.25) is 0 Å². The number of aromatic nitrogens is 2. The van der Waals surface area contributed by atoms with Crippen molar-refractivity contribution in [3.63, 3.8) is 0 Å². The van der Waals surface area contributed by atoms with Crippen molar-refractivity contribution in [2.24, 2.45) is 0 Å². The molecule has 0 unspecified atom stereocenters. The first-order valence-electron chi connectivity index (χ1n) is 5.08. The Bertz CT molecular complexity index is 499. The summed E-state index contributed by atoms with van der Waals surface area (Å²) >= 11 is 7.24. The molecule has 0 saturated heterocycles. The number of hydrogen-bond acceptors (Lipinski definition) is 2. The Morgan fingerprint density at radius 3 is 3.00 bits per heavy atom. The third-order valence-electron chi connectivity index (χ3n) is 2.34. The quantitative estimate of drug-likeness (QED) is 0.650. The maximum atomic E-state index is 5.30.